The molecule has 0 radical (unpaired) electrons. The summed E-state index contributed by atoms with van der Waals surface area (Å²) in [6.45, 7) is -20.4. The van der Waals surface area contributed by atoms with Crippen LogP contribution >= 0.6 is 11.3 Å². The third-order valence-electron chi connectivity index (χ3n) is 3.11. The van der Waals surface area contributed by atoms with Crippen LogP contribution in [0.2, 0.25) is 0 Å². The number of hydrogen-bond acceptors (Lipinski definition) is 5. The van der Waals surface area contributed by atoms with E-state index in [2.05, 4.69) is 10.3 Å². The van der Waals surface area contributed by atoms with E-state index in [9.17, 15) is 0 Å². The van der Waals surface area contributed by atoms with Crippen LogP contribution in [0.1, 0.15) is 29.6 Å². The van der Waals surface area contributed by atoms with Crippen LogP contribution in [-0.2, 0) is 0 Å². The molecule has 0 bridgehead atoms. The van der Waals surface area contributed by atoms with E-state index in [1.165, 1.54) is 6.07 Å². The van der Waals surface area contributed by atoms with Crippen LogP contribution in [0.4, 0.5) is 16.4 Å². The second-order valence-corrected chi connectivity index (χ2v) is 5.60. The van der Waals surface area contributed by atoms with Crippen molar-refractivity contribution in [3.8, 4) is 0 Å². The van der Waals surface area contributed by atoms with Gasteiger partial charge in [0.25, 0.3) is 0 Å². The zero-order valence-corrected chi connectivity index (χ0v) is 12.0. The normalized spacial score (nSPS) is 37.8. The predicted octanol–water partition coefficient (Wildman–Crippen LogP) is 3.44. The molecule has 1 fully saturated rings. The van der Waals surface area contributed by atoms with E-state index in [-0.39, 0.29) is 26.0 Å². The van der Waals surface area contributed by atoms with Gasteiger partial charge in [0.05, 0.1) is 22.4 Å². The van der Waals surface area contributed by atoms with E-state index in [0.717, 1.165) is 17.4 Å². The lowest BCUT2D eigenvalue weighted by molar-refractivity contribution is 0.216. The summed E-state index contributed by atoms with van der Waals surface area (Å²) in [4.78, 5) is 3.91. The number of hydrogen-bond donors (Lipinski definition) is 1. The van der Waals surface area contributed by atoms with Crippen LogP contribution < -0.4 is 5.32 Å². The third kappa shape index (κ3) is 2.40. The predicted molar refractivity (Wildman–Crippen MR) is 94.0 cm³/mol. The Morgan fingerprint density at radius 1 is 1.27 bits per heavy atom. The first-order valence-electron chi connectivity index (χ1n) is 13.4. The van der Waals surface area contributed by atoms with E-state index in [4.69, 9.17) is 19.2 Å². The Morgan fingerprint density at radius 3 is 2.95 bits per heavy atom. The largest absolute Gasteiger partial charge is 0.353 e. The number of aliphatic imine (C=N–C) groups is 1. The van der Waals surface area contributed by atoms with Crippen molar-refractivity contribution in [1.82, 2.24) is 9.80 Å². The highest BCUT2D eigenvalue weighted by Gasteiger charge is 2.25. The maximum atomic E-state index is 8.60. The van der Waals surface area contributed by atoms with Gasteiger partial charge in [-0.3, -0.25) is 0 Å². The van der Waals surface area contributed by atoms with Gasteiger partial charge in [0.15, 0.2) is 0 Å². The quantitative estimate of drug-likeness (QED) is 0.804. The fraction of sp³-hybridized carbons (Fsp3) is 0.353. The number of nitrogens with one attached hydrogen (secondary N) is 1. The van der Waals surface area contributed by atoms with Gasteiger partial charge in [0.2, 0.25) is 0 Å². The molecule has 1 aromatic carbocycles. The molecule has 0 atom stereocenters. The van der Waals surface area contributed by atoms with Crippen molar-refractivity contribution in [2.45, 2.75) is 6.85 Å². The summed E-state index contributed by atoms with van der Waals surface area (Å²) in [6, 6.07) is 7.46. The number of benzene rings is 1. The highest BCUT2D eigenvalue weighted by molar-refractivity contribution is 7.16. The Kier molecular flexibility index (Phi) is 1.32. The molecule has 2 aliphatic heterocycles. The summed E-state index contributed by atoms with van der Waals surface area (Å²) in [7, 11) is 0. The number of likely N-dealkylation sites (N-methyl/N-ethyl adjacent to an activating group) is 1. The van der Waals surface area contributed by atoms with Gasteiger partial charge in [-0.15, -0.1) is 11.3 Å². The van der Waals surface area contributed by atoms with E-state index in [0.29, 0.717) is 5.69 Å². The van der Waals surface area contributed by atoms with Crippen molar-refractivity contribution in [3.05, 3.63) is 40.8 Å². The lowest BCUT2D eigenvalue weighted by Crippen LogP contribution is -2.47. The third-order valence-corrected chi connectivity index (χ3v) is 3.97. The number of thiophene rings is 1. The second kappa shape index (κ2) is 5.41. The molecule has 5 heteroatoms. The highest BCUT2D eigenvalue weighted by atomic mass is 32.1. The number of piperazine rings is 1. The van der Waals surface area contributed by atoms with E-state index >= 15 is 0 Å². The Morgan fingerprint density at radius 2 is 2.14 bits per heavy atom. The number of rotatable bonds is 0. The Hall–Kier alpha value is -1.85. The Labute approximate surface area is 154 Å². The molecule has 1 N–H and O–H groups in total. The fourth-order valence-electron chi connectivity index (χ4n) is 2.16. The standard InChI is InChI=1S/C17H20N4S/c1-12-11-13-16(21-9-7-20(2)8-10-21)18-14-5-3-4-6-15(14)19-17(13)22-12/h3-6,11,19H,7-10H2,1-2H3/i1D3,2D3,7D2,8D2,9D2,10D2. The summed E-state index contributed by atoms with van der Waals surface area (Å²) in [5.74, 6) is -0.595. The van der Waals surface area contributed by atoms with Crippen molar-refractivity contribution in [2.24, 2.45) is 4.99 Å². The maximum absolute atomic E-state index is 8.60. The summed E-state index contributed by atoms with van der Waals surface area (Å²) in [5, 5.41) is 3.12. The monoisotopic (exact) mass is 326 g/mol. The van der Waals surface area contributed by atoms with Crippen molar-refractivity contribution >= 4 is 33.5 Å². The fourth-order valence-corrected chi connectivity index (χ4v) is 2.97. The minimum atomic E-state index is -3.60. The summed E-state index contributed by atoms with van der Waals surface area (Å²) >= 11 is 0.778. The van der Waals surface area contributed by atoms with Gasteiger partial charge < -0.3 is 15.1 Å². The zero-order chi connectivity index (χ0) is 27.3. The average molecular weight is 327 g/mol. The van der Waals surface area contributed by atoms with E-state index in [1.807, 2.05) is 0 Å². The number of anilines is 2. The molecule has 0 aliphatic carbocycles. The second-order valence-electron chi connectivity index (χ2n) is 4.55. The molecule has 0 unspecified atom stereocenters. The van der Waals surface area contributed by atoms with E-state index < -0.39 is 50.6 Å². The highest BCUT2D eigenvalue weighted by Crippen LogP contribution is 2.39. The molecular weight excluding hydrogens is 292 g/mol. The van der Waals surface area contributed by atoms with Gasteiger partial charge in [-0.25, -0.2) is 4.99 Å². The number of nitrogens with zero attached hydrogens (tertiary/aromatic N) is 3. The SMILES string of the molecule is [2H]C([2H])([2H])c1cc2c(s1)Nc1ccccc1N=C2N1C([2H])([2H])C([2H])([2H])N(C([2H])([2H])[2H])C([2H])([2H])C1([2H])[2H]. The van der Waals surface area contributed by atoms with Crippen molar-refractivity contribution in [1.29, 1.82) is 0 Å². The molecule has 1 aromatic heterocycles. The molecule has 0 amide bonds. The molecule has 2 aromatic rings. The molecule has 22 heavy (non-hydrogen) atoms. The molecule has 0 spiro atoms. The number of amidine groups is 1. The summed E-state index contributed by atoms with van der Waals surface area (Å²) in [6.07, 6.45) is 0. The van der Waals surface area contributed by atoms with Crippen LogP contribution in [0.25, 0.3) is 0 Å². The van der Waals surface area contributed by atoms with Crippen molar-refractivity contribution < 1.29 is 19.2 Å². The zero-order valence-electron chi connectivity index (χ0n) is 25.1. The number of aryl methyl sites for hydroxylation is 1. The van der Waals surface area contributed by atoms with Crippen molar-refractivity contribution in [2.75, 3.05) is 38.3 Å². The first kappa shape index (κ1) is 5.35. The van der Waals surface area contributed by atoms with Gasteiger partial charge in [-0.1, -0.05) is 12.1 Å². The molecular formula is C17H20N4S. The first-order valence-corrected chi connectivity index (χ1v) is 7.17. The topological polar surface area (TPSA) is 30.9 Å². The Bertz CT molecular complexity index is 1200. The van der Waals surface area contributed by atoms with Crippen LogP contribution in [0.15, 0.2) is 35.3 Å². The lowest BCUT2D eigenvalue weighted by atomic mass is 10.2. The lowest BCUT2D eigenvalue weighted by Gasteiger charge is -2.34. The molecule has 114 valence electrons. The minimum Gasteiger partial charge on any atom is -0.353 e. The number of fused-ring (bicyclic) bond motifs is 2. The number of para-hydroxylation sites is 2. The summed E-state index contributed by atoms with van der Waals surface area (Å²) < 4.78 is 114. The molecule has 0 saturated carbocycles. The molecule has 4 rings (SSSR count). The van der Waals surface area contributed by atoms with Gasteiger partial charge in [-0.05, 0) is 32.0 Å². The van der Waals surface area contributed by atoms with Gasteiger partial charge in [-0.2, -0.15) is 0 Å². The van der Waals surface area contributed by atoms with Crippen LogP contribution in [0.3, 0.4) is 0 Å². The van der Waals surface area contributed by atoms with Crippen molar-refractivity contribution in [3.63, 3.8) is 0 Å². The Balaban J connectivity index is 2.06. The first-order chi connectivity index (χ1) is 16.1. The van der Waals surface area contributed by atoms with Gasteiger partial charge >= 0.3 is 0 Å². The van der Waals surface area contributed by atoms with Gasteiger partial charge in [0, 0.05) is 44.6 Å². The van der Waals surface area contributed by atoms with Crippen LogP contribution in [-0.4, -0.2) is 48.6 Å². The summed E-state index contributed by atoms with van der Waals surface area (Å²) in [5.41, 5.74) is 0.419. The molecule has 3 heterocycles. The molecule has 1 saturated heterocycles. The smallest absolute Gasteiger partial charge is 0.139 e. The van der Waals surface area contributed by atoms with Gasteiger partial charge in [0.1, 0.15) is 10.8 Å². The van der Waals surface area contributed by atoms with Crippen LogP contribution in [0.5, 0.6) is 0 Å². The van der Waals surface area contributed by atoms with E-state index in [1.54, 1.807) is 18.2 Å². The maximum Gasteiger partial charge on any atom is 0.139 e. The molecule has 4 nitrogen and oxygen atoms in total. The average Bonchev–Trinajstić information content (AvgIpc) is 3.04. The molecule has 2 aliphatic rings. The minimum absolute atomic E-state index is 0.107. The van der Waals surface area contributed by atoms with Crippen LogP contribution in [0, 0.1) is 6.85 Å².